The Labute approximate surface area is 138 Å². The summed E-state index contributed by atoms with van der Waals surface area (Å²) in [5.41, 5.74) is 2.60. The van der Waals surface area contributed by atoms with Gasteiger partial charge in [0.25, 0.3) is 0 Å². The normalized spacial score (nSPS) is 16.5. The Morgan fingerprint density at radius 2 is 1.61 bits per heavy atom. The standard InChI is InChI=1S/C20H24N2O/c23-20-13-12-17(14-16-8-4-1-2-5-9-16)15-19(20)22-21-18-10-6-3-7-11-18/h3,6-7,10-13,15-16,23H,1-2,4-5,8-9,14H2/b22-21+. The molecule has 0 aromatic heterocycles. The molecule has 0 saturated heterocycles. The van der Waals surface area contributed by atoms with Gasteiger partial charge >= 0.3 is 0 Å². The van der Waals surface area contributed by atoms with Crippen LogP contribution in [0.25, 0.3) is 0 Å². The van der Waals surface area contributed by atoms with Crippen molar-refractivity contribution in [2.24, 2.45) is 16.1 Å². The van der Waals surface area contributed by atoms with Gasteiger partial charge in [0.05, 0.1) is 5.69 Å². The Balaban J connectivity index is 1.72. The van der Waals surface area contributed by atoms with E-state index in [0.717, 1.165) is 18.0 Å². The van der Waals surface area contributed by atoms with Gasteiger partial charge in [-0.1, -0.05) is 62.8 Å². The van der Waals surface area contributed by atoms with Crippen molar-refractivity contribution in [2.75, 3.05) is 0 Å². The molecule has 0 bridgehead atoms. The van der Waals surface area contributed by atoms with Gasteiger partial charge < -0.3 is 5.11 Å². The lowest BCUT2D eigenvalue weighted by molar-refractivity contribution is 0.456. The molecule has 0 amide bonds. The summed E-state index contributed by atoms with van der Waals surface area (Å²) in [7, 11) is 0. The third kappa shape index (κ3) is 4.65. The van der Waals surface area contributed by atoms with Crippen LogP contribution in [0.2, 0.25) is 0 Å². The van der Waals surface area contributed by atoms with Crippen LogP contribution in [0.15, 0.2) is 58.8 Å². The van der Waals surface area contributed by atoms with Crippen molar-refractivity contribution < 1.29 is 5.11 Å². The minimum absolute atomic E-state index is 0.189. The van der Waals surface area contributed by atoms with E-state index in [-0.39, 0.29) is 5.75 Å². The number of phenolic OH excluding ortho intramolecular Hbond substituents is 1. The van der Waals surface area contributed by atoms with Crippen molar-refractivity contribution in [1.82, 2.24) is 0 Å². The lowest BCUT2D eigenvalue weighted by Crippen LogP contribution is -2.02. The van der Waals surface area contributed by atoms with E-state index >= 15 is 0 Å². The zero-order chi connectivity index (χ0) is 15.9. The molecule has 3 rings (SSSR count). The van der Waals surface area contributed by atoms with Gasteiger partial charge in [-0.3, -0.25) is 0 Å². The summed E-state index contributed by atoms with van der Waals surface area (Å²) in [4.78, 5) is 0. The number of phenols is 1. The molecule has 2 aromatic rings. The maximum Gasteiger partial charge on any atom is 0.143 e. The first-order valence-electron chi connectivity index (χ1n) is 8.60. The van der Waals surface area contributed by atoms with Gasteiger partial charge in [-0.15, -0.1) is 5.11 Å². The van der Waals surface area contributed by atoms with Gasteiger partial charge in [0.2, 0.25) is 0 Å². The smallest absolute Gasteiger partial charge is 0.143 e. The molecule has 1 N–H and O–H groups in total. The van der Waals surface area contributed by atoms with Crippen molar-refractivity contribution >= 4 is 11.4 Å². The van der Waals surface area contributed by atoms with Crippen LogP contribution < -0.4 is 0 Å². The highest BCUT2D eigenvalue weighted by atomic mass is 16.3. The molecule has 0 spiro atoms. The molecule has 0 aliphatic heterocycles. The van der Waals surface area contributed by atoms with Crippen molar-refractivity contribution in [1.29, 1.82) is 0 Å². The summed E-state index contributed by atoms with van der Waals surface area (Å²) in [6.45, 7) is 0. The second kappa shape index (κ2) is 7.91. The molecule has 1 saturated carbocycles. The Hall–Kier alpha value is -2.16. The number of aromatic hydroxyl groups is 1. The predicted molar refractivity (Wildman–Crippen MR) is 93.6 cm³/mol. The third-order valence-electron chi connectivity index (χ3n) is 4.57. The minimum Gasteiger partial charge on any atom is -0.506 e. The third-order valence-corrected chi connectivity index (χ3v) is 4.57. The fraction of sp³-hybridized carbons (Fsp3) is 0.400. The first-order valence-corrected chi connectivity index (χ1v) is 8.60. The van der Waals surface area contributed by atoms with E-state index in [2.05, 4.69) is 10.2 Å². The van der Waals surface area contributed by atoms with E-state index in [1.165, 1.54) is 44.1 Å². The highest BCUT2D eigenvalue weighted by Gasteiger charge is 2.13. The molecular formula is C20H24N2O. The second-order valence-electron chi connectivity index (χ2n) is 6.42. The van der Waals surface area contributed by atoms with Gasteiger partial charge in [-0.05, 0) is 42.2 Å². The zero-order valence-corrected chi connectivity index (χ0v) is 13.5. The molecule has 1 aliphatic rings. The van der Waals surface area contributed by atoms with Crippen molar-refractivity contribution in [3.8, 4) is 5.75 Å². The lowest BCUT2D eigenvalue weighted by Gasteiger charge is -2.14. The quantitative estimate of drug-likeness (QED) is 0.521. The van der Waals surface area contributed by atoms with Gasteiger partial charge in [0, 0.05) is 0 Å². The van der Waals surface area contributed by atoms with Gasteiger partial charge in [-0.2, -0.15) is 5.11 Å². The molecule has 23 heavy (non-hydrogen) atoms. The van der Waals surface area contributed by atoms with Crippen LogP contribution in [0.5, 0.6) is 5.75 Å². The molecule has 120 valence electrons. The maximum atomic E-state index is 10.0. The van der Waals surface area contributed by atoms with E-state index in [1.54, 1.807) is 6.07 Å². The number of hydrogen-bond donors (Lipinski definition) is 1. The molecule has 0 unspecified atom stereocenters. The zero-order valence-electron chi connectivity index (χ0n) is 13.5. The summed E-state index contributed by atoms with van der Waals surface area (Å²) in [5.74, 6) is 0.954. The Morgan fingerprint density at radius 3 is 2.35 bits per heavy atom. The largest absolute Gasteiger partial charge is 0.506 e. The lowest BCUT2D eigenvalue weighted by atomic mass is 9.92. The Kier molecular flexibility index (Phi) is 5.41. The van der Waals surface area contributed by atoms with Crippen LogP contribution in [-0.4, -0.2) is 5.11 Å². The molecule has 1 fully saturated rings. The molecule has 0 radical (unpaired) electrons. The van der Waals surface area contributed by atoms with Crippen molar-refractivity contribution in [3.05, 3.63) is 54.1 Å². The first kappa shape index (κ1) is 15.7. The molecule has 3 heteroatoms. The summed E-state index contributed by atoms with van der Waals surface area (Å²) in [6, 6.07) is 15.3. The number of benzene rings is 2. The summed E-state index contributed by atoms with van der Waals surface area (Å²) in [6.07, 6.45) is 9.18. The fourth-order valence-electron chi connectivity index (χ4n) is 3.28. The minimum atomic E-state index is 0.189. The van der Waals surface area contributed by atoms with Gasteiger partial charge in [0.1, 0.15) is 11.4 Å². The van der Waals surface area contributed by atoms with Crippen LogP contribution >= 0.6 is 0 Å². The van der Waals surface area contributed by atoms with Gasteiger partial charge in [0.15, 0.2) is 0 Å². The SMILES string of the molecule is Oc1ccc(CC2CCCCCC2)cc1/N=N/c1ccccc1. The number of azo groups is 1. The summed E-state index contributed by atoms with van der Waals surface area (Å²) < 4.78 is 0. The highest BCUT2D eigenvalue weighted by Crippen LogP contribution is 2.32. The van der Waals surface area contributed by atoms with E-state index in [4.69, 9.17) is 0 Å². The fourth-order valence-corrected chi connectivity index (χ4v) is 3.28. The van der Waals surface area contributed by atoms with Gasteiger partial charge in [-0.25, -0.2) is 0 Å². The molecule has 1 aliphatic carbocycles. The van der Waals surface area contributed by atoms with E-state index in [0.29, 0.717) is 5.69 Å². The van der Waals surface area contributed by atoms with E-state index in [9.17, 15) is 5.11 Å². The second-order valence-corrected chi connectivity index (χ2v) is 6.42. The maximum absolute atomic E-state index is 10.0. The first-order chi connectivity index (χ1) is 11.3. The Bertz CT molecular complexity index is 644. The molecular weight excluding hydrogens is 284 g/mol. The molecule has 2 aromatic carbocycles. The van der Waals surface area contributed by atoms with Crippen LogP contribution in [0.3, 0.4) is 0 Å². The van der Waals surface area contributed by atoms with Crippen LogP contribution in [0.4, 0.5) is 11.4 Å². The van der Waals surface area contributed by atoms with E-state index in [1.807, 2.05) is 42.5 Å². The summed E-state index contributed by atoms with van der Waals surface area (Å²) in [5, 5.41) is 18.4. The van der Waals surface area contributed by atoms with Crippen molar-refractivity contribution in [3.63, 3.8) is 0 Å². The molecule has 0 atom stereocenters. The summed E-state index contributed by atoms with van der Waals surface area (Å²) >= 11 is 0. The highest BCUT2D eigenvalue weighted by molar-refractivity contribution is 5.53. The molecule has 3 nitrogen and oxygen atoms in total. The average Bonchev–Trinajstić information content (AvgIpc) is 2.85. The number of nitrogens with zero attached hydrogens (tertiary/aromatic N) is 2. The van der Waals surface area contributed by atoms with Crippen LogP contribution in [0, 0.1) is 5.92 Å². The average molecular weight is 308 g/mol. The topological polar surface area (TPSA) is 45.0 Å². The van der Waals surface area contributed by atoms with Crippen molar-refractivity contribution in [2.45, 2.75) is 44.9 Å². The Morgan fingerprint density at radius 1 is 0.870 bits per heavy atom. The number of hydrogen-bond acceptors (Lipinski definition) is 3. The predicted octanol–water partition coefficient (Wildman–Crippen LogP) is 6.32. The monoisotopic (exact) mass is 308 g/mol. The number of rotatable bonds is 4. The molecule has 0 heterocycles. The van der Waals surface area contributed by atoms with Crippen LogP contribution in [-0.2, 0) is 6.42 Å². The van der Waals surface area contributed by atoms with Crippen LogP contribution in [0.1, 0.15) is 44.1 Å². The van der Waals surface area contributed by atoms with E-state index < -0.39 is 0 Å².